The molecule has 1 saturated heterocycles. The van der Waals surface area contributed by atoms with Crippen molar-refractivity contribution in [1.29, 1.82) is 0 Å². The number of nitrogens with zero attached hydrogens (tertiary/aromatic N) is 2. The van der Waals surface area contributed by atoms with E-state index < -0.39 is 12.1 Å². The Labute approximate surface area is 197 Å². The summed E-state index contributed by atoms with van der Waals surface area (Å²) in [7, 11) is 0. The number of piperidine rings is 1. The Morgan fingerprint density at radius 3 is 2.81 bits per heavy atom. The topological polar surface area (TPSA) is 90.3 Å². The molecule has 32 heavy (non-hydrogen) atoms. The molecule has 0 aliphatic carbocycles. The van der Waals surface area contributed by atoms with Gasteiger partial charge in [0.2, 0.25) is 0 Å². The third kappa shape index (κ3) is 5.09. The smallest absolute Gasteiger partial charge is 0.338 e. The van der Waals surface area contributed by atoms with Crippen LogP contribution in [0.1, 0.15) is 29.6 Å². The van der Waals surface area contributed by atoms with Crippen LogP contribution in [0.25, 0.3) is 10.9 Å². The second-order valence-electron chi connectivity index (χ2n) is 7.72. The Balaban J connectivity index is 1.45. The van der Waals surface area contributed by atoms with Crippen molar-refractivity contribution < 1.29 is 14.3 Å². The third-order valence-electron chi connectivity index (χ3n) is 5.45. The molecule has 0 spiro atoms. The number of nitrogens with one attached hydrogen (secondary N) is 1. The van der Waals surface area contributed by atoms with Gasteiger partial charge in [-0.1, -0.05) is 29.8 Å². The van der Waals surface area contributed by atoms with Crippen LogP contribution in [-0.4, -0.2) is 40.0 Å². The van der Waals surface area contributed by atoms with Crippen molar-refractivity contribution in [1.82, 2.24) is 14.9 Å². The van der Waals surface area contributed by atoms with E-state index in [1.165, 1.54) is 10.9 Å². The molecule has 2 aromatic carbocycles. The van der Waals surface area contributed by atoms with E-state index in [1.807, 2.05) is 6.07 Å². The predicted molar refractivity (Wildman–Crippen MR) is 125 cm³/mol. The highest BCUT2D eigenvalue weighted by Gasteiger charge is 2.30. The highest BCUT2D eigenvalue weighted by molar-refractivity contribution is 9.10. The molecule has 9 heteroatoms. The summed E-state index contributed by atoms with van der Waals surface area (Å²) in [6.07, 6.45) is 2.61. The summed E-state index contributed by atoms with van der Waals surface area (Å²) in [4.78, 5) is 42.3. The molecule has 7 nitrogen and oxygen atoms in total. The molecule has 0 radical (unpaired) electrons. The Bertz CT molecular complexity index is 1220. The fourth-order valence-electron chi connectivity index (χ4n) is 3.81. The lowest BCUT2D eigenvalue weighted by Gasteiger charge is -2.32. The summed E-state index contributed by atoms with van der Waals surface area (Å²) in [6, 6.07) is 11.7. The van der Waals surface area contributed by atoms with Gasteiger partial charge in [0.15, 0.2) is 5.78 Å². The molecule has 1 aliphatic heterocycles. The van der Waals surface area contributed by atoms with Crippen molar-refractivity contribution in [3.63, 3.8) is 0 Å². The Kier molecular flexibility index (Phi) is 7.03. The first-order valence-corrected chi connectivity index (χ1v) is 11.4. The molecule has 1 aliphatic rings. The predicted octanol–water partition coefficient (Wildman–Crippen LogP) is 3.75. The number of Topliss-reactive ketones (excluding diaryl/α,β-unsaturated/α-hetero) is 1. The normalized spacial score (nSPS) is 18.4. The molecule has 0 amide bonds. The van der Waals surface area contributed by atoms with Crippen LogP contribution in [0, 0.1) is 0 Å². The number of hydrogen-bond acceptors (Lipinski definition) is 6. The number of aromatic nitrogens is 2. The number of hydrogen-bond donors (Lipinski definition) is 1. The van der Waals surface area contributed by atoms with Crippen LogP contribution in [0.5, 0.6) is 0 Å². The van der Waals surface area contributed by atoms with E-state index in [4.69, 9.17) is 16.3 Å². The second-order valence-corrected chi connectivity index (χ2v) is 8.98. The fourth-order valence-corrected chi connectivity index (χ4v) is 4.31. The number of esters is 1. The Morgan fingerprint density at radius 1 is 1.25 bits per heavy atom. The van der Waals surface area contributed by atoms with Crippen LogP contribution in [0.4, 0.5) is 0 Å². The van der Waals surface area contributed by atoms with E-state index in [9.17, 15) is 14.4 Å². The van der Waals surface area contributed by atoms with Crippen LogP contribution in [0.2, 0.25) is 5.02 Å². The lowest BCUT2D eigenvalue weighted by atomic mass is 9.96. The highest BCUT2D eigenvalue weighted by Crippen LogP contribution is 2.25. The summed E-state index contributed by atoms with van der Waals surface area (Å²) in [5.41, 5.74) is 0.639. The van der Waals surface area contributed by atoms with Crippen molar-refractivity contribution in [2.24, 2.45) is 0 Å². The maximum Gasteiger partial charge on any atom is 0.338 e. The molecule has 2 heterocycles. The average Bonchev–Trinajstić information content (AvgIpc) is 2.79. The second kappa shape index (κ2) is 9.94. The Morgan fingerprint density at radius 2 is 2.03 bits per heavy atom. The van der Waals surface area contributed by atoms with Gasteiger partial charge < -0.3 is 10.1 Å². The van der Waals surface area contributed by atoms with E-state index in [2.05, 4.69) is 26.2 Å². The molecule has 1 N–H and O–H groups in total. The zero-order chi connectivity index (χ0) is 22.7. The van der Waals surface area contributed by atoms with Crippen molar-refractivity contribution >= 4 is 50.2 Å². The van der Waals surface area contributed by atoms with E-state index in [0.29, 0.717) is 32.4 Å². The number of rotatable bonds is 6. The van der Waals surface area contributed by atoms with Crippen molar-refractivity contribution in [3.05, 3.63) is 74.2 Å². The lowest BCUT2D eigenvalue weighted by molar-refractivity contribution is -0.121. The minimum absolute atomic E-state index is 0.118. The zero-order valence-corrected chi connectivity index (χ0v) is 19.4. The standard InChI is InChI=1S/C23H21BrClN3O4/c24-17-11-19-16(10-18(17)25)22(30)28(13-27-19)12-15(29)9-20-21(7-4-8-26-20)32-23(31)14-5-2-1-3-6-14/h1-3,5-6,10-11,13,20-21,26H,4,7-9,12H2. The molecular formula is C23H21BrClN3O4. The van der Waals surface area contributed by atoms with Crippen molar-refractivity contribution in [2.45, 2.75) is 38.0 Å². The van der Waals surface area contributed by atoms with Gasteiger partial charge >= 0.3 is 5.97 Å². The van der Waals surface area contributed by atoms with Gasteiger partial charge in [-0.05, 0) is 59.6 Å². The van der Waals surface area contributed by atoms with Crippen LogP contribution >= 0.6 is 27.5 Å². The van der Waals surface area contributed by atoms with Crippen molar-refractivity contribution in [2.75, 3.05) is 6.54 Å². The quantitative estimate of drug-likeness (QED) is 0.500. The fraction of sp³-hybridized carbons (Fsp3) is 0.304. The van der Waals surface area contributed by atoms with Gasteiger partial charge in [-0.2, -0.15) is 0 Å². The molecule has 1 aromatic heterocycles. The molecule has 1 fully saturated rings. The van der Waals surface area contributed by atoms with E-state index in [0.717, 1.165) is 13.0 Å². The van der Waals surface area contributed by atoms with Crippen LogP contribution < -0.4 is 10.9 Å². The van der Waals surface area contributed by atoms with Gasteiger partial charge in [0.1, 0.15) is 6.10 Å². The van der Waals surface area contributed by atoms with E-state index in [1.54, 1.807) is 36.4 Å². The monoisotopic (exact) mass is 517 g/mol. The first kappa shape index (κ1) is 22.6. The number of carbonyl (C=O) groups is 2. The lowest BCUT2D eigenvalue weighted by Crippen LogP contribution is -2.48. The SMILES string of the molecule is O=C(CC1NCCCC1OC(=O)c1ccccc1)Cn1cnc2cc(Br)c(Cl)cc2c1=O. The maximum absolute atomic E-state index is 12.8. The maximum atomic E-state index is 12.8. The summed E-state index contributed by atoms with van der Waals surface area (Å²) >= 11 is 9.42. The van der Waals surface area contributed by atoms with E-state index >= 15 is 0 Å². The Hall–Kier alpha value is -2.55. The molecule has 2 atom stereocenters. The number of ether oxygens (including phenoxy) is 1. The number of halogens is 2. The average molecular weight is 519 g/mol. The van der Waals surface area contributed by atoms with Gasteiger partial charge in [-0.25, -0.2) is 9.78 Å². The summed E-state index contributed by atoms with van der Waals surface area (Å²) in [5, 5.41) is 4.02. The number of ketones is 1. The van der Waals surface area contributed by atoms with Gasteiger partial charge in [0.25, 0.3) is 5.56 Å². The molecule has 3 aromatic rings. The molecular weight excluding hydrogens is 498 g/mol. The molecule has 0 saturated carbocycles. The molecule has 4 rings (SSSR count). The van der Waals surface area contributed by atoms with Gasteiger partial charge in [-0.3, -0.25) is 14.2 Å². The van der Waals surface area contributed by atoms with E-state index in [-0.39, 0.29) is 30.3 Å². The number of fused-ring (bicyclic) bond motifs is 1. The van der Waals surface area contributed by atoms with Gasteiger partial charge in [0, 0.05) is 10.9 Å². The minimum Gasteiger partial charge on any atom is -0.457 e. The molecule has 0 bridgehead atoms. The van der Waals surface area contributed by atoms with Crippen LogP contribution in [0.15, 0.2) is 58.1 Å². The summed E-state index contributed by atoms with van der Waals surface area (Å²) in [6.45, 7) is 0.620. The van der Waals surface area contributed by atoms with Crippen LogP contribution in [-0.2, 0) is 16.1 Å². The minimum atomic E-state index is -0.414. The summed E-state index contributed by atoms with van der Waals surface area (Å²) < 4.78 is 7.62. The molecule has 166 valence electrons. The van der Waals surface area contributed by atoms with Crippen LogP contribution in [0.3, 0.4) is 0 Å². The summed E-state index contributed by atoms with van der Waals surface area (Å²) in [5.74, 6) is -0.564. The van der Waals surface area contributed by atoms with Gasteiger partial charge in [-0.15, -0.1) is 0 Å². The number of carbonyl (C=O) groups excluding carboxylic acids is 2. The third-order valence-corrected chi connectivity index (χ3v) is 6.65. The van der Waals surface area contributed by atoms with Gasteiger partial charge in [0.05, 0.1) is 40.4 Å². The zero-order valence-electron chi connectivity index (χ0n) is 17.1. The van der Waals surface area contributed by atoms with Crippen molar-refractivity contribution in [3.8, 4) is 0 Å². The first-order chi connectivity index (χ1) is 15.4. The first-order valence-electron chi connectivity index (χ1n) is 10.3. The largest absolute Gasteiger partial charge is 0.457 e. The highest BCUT2D eigenvalue weighted by atomic mass is 79.9. The molecule has 2 unspecified atom stereocenters. The number of benzene rings is 2.